The zero-order valence-corrected chi connectivity index (χ0v) is 24.2. The van der Waals surface area contributed by atoms with Gasteiger partial charge in [-0.05, 0) is 105 Å². The molecule has 0 aliphatic rings. The third-order valence-electron chi connectivity index (χ3n) is 9.20. The molecular formula is C44H28. The molecule has 0 atom stereocenters. The summed E-state index contributed by atoms with van der Waals surface area (Å²) in [4.78, 5) is 0. The second-order valence-corrected chi connectivity index (χ2v) is 11.7. The van der Waals surface area contributed by atoms with Crippen molar-refractivity contribution in [2.24, 2.45) is 0 Å². The molecule has 0 heteroatoms. The largest absolute Gasteiger partial charge is 0.0622 e. The van der Waals surface area contributed by atoms with Crippen LogP contribution in [0.15, 0.2) is 170 Å². The number of rotatable bonds is 3. The lowest BCUT2D eigenvalue weighted by atomic mass is 9.83. The van der Waals surface area contributed by atoms with Crippen LogP contribution in [-0.4, -0.2) is 0 Å². The Kier molecular flexibility index (Phi) is 5.61. The SMILES string of the molecule is c1ccc(-c2ccccc2-c2c3ccccc3c(-c3ccc4cc5c(ccc6ccccc65)cc4c3)c3ccccc23)cc1. The molecule has 0 saturated heterocycles. The van der Waals surface area contributed by atoms with Crippen molar-refractivity contribution in [3.8, 4) is 33.4 Å². The molecule has 0 amide bonds. The van der Waals surface area contributed by atoms with Gasteiger partial charge in [0.05, 0.1) is 0 Å². The molecule has 0 spiro atoms. The van der Waals surface area contributed by atoms with Gasteiger partial charge in [0.15, 0.2) is 0 Å². The molecule has 0 nitrogen and oxygen atoms in total. The average Bonchev–Trinajstić information content (AvgIpc) is 3.10. The van der Waals surface area contributed by atoms with Crippen molar-refractivity contribution in [2.45, 2.75) is 0 Å². The van der Waals surface area contributed by atoms with E-state index in [9.17, 15) is 0 Å². The van der Waals surface area contributed by atoms with Gasteiger partial charge in [-0.1, -0.05) is 152 Å². The van der Waals surface area contributed by atoms with Crippen LogP contribution in [0, 0.1) is 0 Å². The molecule has 9 aromatic rings. The van der Waals surface area contributed by atoms with Gasteiger partial charge in [0, 0.05) is 0 Å². The van der Waals surface area contributed by atoms with E-state index in [1.54, 1.807) is 0 Å². The molecule has 0 fully saturated rings. The molecule has 0 saturated carbocycles. The summed E-state index contributed by atoms with van der Waals surface area (Å²) in [6, 6.07) is 62.3. The summed E-state index contributed by atoms with van der Waals surface area (Å²) in [7, 11) is 0. The summed E-state index contributed by atoms with van der Waals surface area (Å²) in [6.07, 6.45) is 0. The second-order valence-electron chi connectivity index (χ2n) is 11.7. The molecule has 0 bridgehead atoms. The van der Waals surface area contributed by atoms with Crippen LogP contribution in [0.25, 0.3) is 87.2 Å². The Balaban J connectivity index is 1.33. The van der Waals surface area contributed by atoms with Crippen LogP contribution in [0.5, 0.6) is 0 Å². The van der Waals surface area contributed by atoms with Gasteiger partial charge in [0.25, 0.3) is 0 Å². The van der Waals surface area contributed by atoms with E-state index < -0.39 is 0 Å². The van der Waals surface area contributed by atoms with Crippen LogP contribution in [0.4, 0.5) is 0 Å². The van der Waals surface area contributed by atoms with E-state index in [1.165, 1.54) is 87.2 Å². The van der Waals surface area contributed by atoms with Gasteiger partial charge < -0.3 is 0 Å². The van der Waals surface area contributed by atoms with E-state index >= 15 is 0 Å². The van der Waals surface area contributed by atoms with Crippen molar-refractivity contribution in [1.29, 1.82) is 0 Å². The highest BCUT2D eigenvalue weighted by atomic mass is 14.2. The van der Waals surface area contributed by atoms with Gasteiger partial charge in [-0.3, -0.25) is 0 Å². The lowest BCUT2D eigenvalue weighted by Gasteiger charge is -2.20. The predicted octanol–water partition coefficient (Wildman–Crippen LogP) is 12.5. The summed E-state index contributed by atoms with van der Waals surface area (Å²) in [5, 5.41) is 12.8. The first-order chi connectivity index (χ1) is 21.8. The zero-order valence-electron chi connectivity index (χ0n) is 24.2. The van der Waals surface area contributed by atoms with Crippen LogP contribution in [0.2, 0.25) is 0 Å². The summed E-state index contributed by atoms with van der Waals surface area (Å²) >= 11 is 0. The topological polar surface area (TPSA) is 0 Å². The minimum absolute atomic E-state index is 1.23. The van der Waals surface area contributed by atoms with Crippen LogP contribution in [0.1, 0.15) is 0 Å². The monoisotopic (exact) mass is 556 g/mol. The molecule has 9 rings (SSSR count). The Labute approximate surface area is 256 Å². The predicted molar refractivity (Wildman–Crippen MR) is 190 cm³/mol. The Morgan fingerprint density at radius 3 is 1.50 bits per heavy atom. The highest BCUT2D eigenvalue weighted by molar-refractivity contribution is 6.23. The van der Waals surface area contributed by atoms with Crippen molar-refractivity contribution in [3.63, 3.8) is 0 Å². The molecule has 0 radical (unpaired) electrons. The fourth-order valence-electron chi connectivity index (χ4n) is 7.21. The number of fused-ring (bicyclic) bond motifs is 6. The third-order valence-corrected chi connectivity index (χ3v) is 9.20. The maximum Gasteiger partial charge on any atom is -0.00201 e. The van der Waals surface area contributed by atoms with Gasteiger partial charge in [0.2, 0.25) is 0 Å². The molecular weight excluding hydrogens is 528 g/mol. The molecule has 0 aliphatic heterocycles. The molecule has 0 unspecified atom stereocenters. The highest BCUT2D eigenvalue weighted by Crippen LogP contribution is 2.46. The molecule has 0 N–H and O–H groups in total. The molecule has 0 aliphatic carbocycles. The Morgan fingerprint density at radius 1 is 0.227 bits per heavy atom. The van der Waals surface area contributed by atoms with Crippen LogP contribution >= 0.6 is 0 Å². The average molecular weight is 557 g/mol. The highest BCUT2D eigenvalue weighted by Gasteiger charge is 2.19. The lowest BCUT2D eigenvalue weighted by molar-refractivity contribution is 1.61. The van der Waals surface area contributed by atoms with Crippen LogP contribution in [0.3, 0.4) is 0 Å². The molecule has 9 aromatic carbocycles. The fourth-order valence-corrected chi connectivity index (χ4v) is 7.21. The third kappa shape index (κ3) is 3.85. The number of hydrogen-bond donors (Lipinski definition) is 0. The van der Waals surface area contributed by atoms with Crippen molar-refractivity contribution < 1.29 is 0 Å². The van der Waals surface area contributed by atoms with E-state index in [0.717, 1.165) is 0 Å². The molecule has 0 aromatic heterocycles. The first-order valence-corrected chi connectivity index (χ1v) is 15.3. The molecule has 0 heterocycles. The van der Waals surface area contributed by atoms with Gasteiger partial charge in [0.1, 0.15) is 0 Å². The van der Waals surface area contributed by atoms with E-state index in [0.29, 0.717) is 0 Å². The summed E-state index contributed by atoms with van der Waals surface area (Å²) in [6.45, 7) is 0. The Morgan fingerprint density at radius 2 is 0.773 bits per heavy atom. The van der Waals surface area contributed by atoms with Crippen molar-refractivity contribution in [1.82, 2.24) is 0 Å². The van der Waals surface area contributed by atoms with E-state index in [4.69, 9.17) is 0 Å². The van der Waals surface area contributed by atoms with Gasteiger partial charge in [-0.25, -0.2) is 0 Å². The Hall–Kier alpha value is -5.72. The summed E-state index contributed by atoms with van der Waals surface area (Å²) in [5.41, 5.74) is 7.56. The standard InChI is InChI=1S/C44H28/c1-2-12-29(13-3-1)35-15-6-7-17-37(35)44-40-20-10-8-18-38(40)43(39-19-9-11-21-41(39)44)33-25-23-31-28-42-32(26-34(31)27-33)24-22-30-14-4-5-16-36(30)42/h1-28H. The van der Waals surface area contributed by atoms with Crippen molar-refractivity contribution in [3.05, 3.63) is 170 Å². The fraction of sp³-hybridized carbons (Fsp3) is 0. The molecule has 44 heavy (non-hydrogen) atoms. The maximum absolute atomic E-state index is 2.38. The first kappa shape index (κ1) is 24.8. The molecule has 204 valence electrons. The lowest BCUT2D eigenvalue weighted by Crippen LogP contribution is -1.92. The zero-order chi connectivity index (χ0) is 29.0. The van der Waals surface area contributed by atoms with Gasteiger partial charge in [-0.15, -0.1) is 0 Å². The number of benzene rings is 9. The summed E-state index contributed by atoms with van der Waals surface area (Å²) in [5.74, 6) is 0. The Bertz CT molecular complexity index is 2480. The van der Waals surface area contributed by atoms with Gasteiger partial charge >= 0.3 is 0 Å². The minimum atomic E-state index is 1.23. The maximum atomic E-state index is 2.38. The van der Waals surface area contributed by atoms with Crippen molar-refractivity contribution in [2.75, 3.05) is 0 Å². The van der Waals surface area contributed by atoms with Crippen molar-refractivity contribution >= 4 is 53.9 Å². The quantitative estimate of drug-likeness (QED) is 0.150. The van der Waals surface area contributed by atoms with E-state index in [-0.39, 0.29) is 0 Å². The normalized spacial score (nSPS) is 11.6. The second kappa shape index (κ2) is 9.93. The van der Waals surface area contributed by atoms with Crippen LogP contribution < -0.4 is 0 Å². The van der Waals surface area contributed by atoms with E-state index in [2.05, 4.69) is 170 Å². The smallest absolute Gasteiger partial charge is 0.00201 e. The summed E-state index contributed by atoms with van der Waals surface area (Å²) < 4.78 is 0. The van der Waals surface area contributed by atoms with Crippen LogP contribution in [-0.2, 0) is 0 Å². The van der Waals surface area contributed by atoms with Gasteiger partial charge in [-0.2, -0.15) is 0 Å². The van der Waals surface area contributed by atoms with E-state index in [1.807, 2.05) is 0 Å². The number of hydrogen-bond acceptors (Lipinski definition) is 0. The minimum Gasteiger partial charge on any atom is -0.0622 e. The first-order valence-electron chi connectivity index (χ1n) is 15.3.